The summed E-state index contributed by atoms with van der Waals surface area (Å²) >= 11 is 0. The first-order chi connectivity index (χ1) is 12.4. The van der Waals surface area contributed by atoms with E-state index in [-0.39, 0.29) is 16.9 Å². The average molecular weight is 355 g/mol. The van der Waals surface area contributed by atoms with Crippen LogP contribution in [0.2, 0.25) is 0 Å². The van der Waals surface area contributed by atoms with Gasteiger partial charge < -0.3 is 5.73 Å². The predicted molar refractivity (Wildman–Crippen MR) is 94.1 cm³/mol. The molecule has 1 unspecified atom stereocenters. The number of carbonyl (C=O) groups is 1. The minimum atomic E-state index is -4.46. The number of allylic oxidation sites excluding steroid dienone is 3. The summed E-state index contributed by atoms with van der Waals surface area (Å²) in [4.78, 5) is 13.0. The second-order valence-corrected chi connectivity index (χ2v) is 6.63. The molecule has 2 aromatic carbocycles. The molecule has 0 heterocycles. The molecule has 2 aromatic rings. The molecule has 0 fully saturated rings. The molecule has 4 rings (SSSR count). The van der Waals surface area contributed by atoms with E-state index >= 15 is 0 Å². The summed E-state index contributed by atoms with van der Waals surface area (Å²) in [5.74, 6) is -0.659. The second kappa shape index (κ2) is 5.87. The highest BCUT2D eigenvalue weighted by Crippen LogP contribution is 2.42. The Kier molecular flexibility index (Phi) is 3.75. The summed E-state index contributed by atoms with van der Waals surface area (Å²) in [5.41, 5.74) is 9.18. The molecule has 1 atom stereocenters. The van der Waals surface area contributed by atoms with Crippen LogP contribution in [0, 0.1) is 0 Å². The lowest BCUT2D eigenvalue weighted by Crippen LogP contribution is -2.11. The molecule has 0 aromatic heterocycles. The van der Waals surface area contributed by atoms with Crippen molar-refractivity contribution in [3.8, 4) is 0 Å². The number of ketones is 1. The maximum Gasteiger partial charge on any atom is 0.416 e. The molecule has 0 amide bonds. The lowest BCUT2D eigenvalue weighted by atomic mass is 9.88. The molecule has 0 saturated heterocycles. The van der Waals surface area contributed by atoms with Crippen LogP contribution in [0.25, 0.3) is 11.6 Å². The first kappa shape index (κ1) is 16.6. The Morgan fingerprint density at radius 2 is 1.85 bits per heavy atom. The third-order valence-corrected chi connectivity index (χ3v) is 5.01. The fourth-order valence-corrected chi connectivity index (χ4v) is 3.80. The minimum Gasteiger partial charge on any atom is -0.401 e. The highest BCUT2D eigenvalue weighted by atomic mass is 19.4. The fourth-order valence-electron chi connectivity index (χ4n) is 3.80. The predicted octanol–water partition coefficient (Wildman–Crippen LogP) is 4.70. The van der Waals surface area contributed by atoms with Gasteiger partial charge in [-0.3, -0.25) is 4.79 Å². The van der Waals surface area contributed by atoms with E-state index in [4.69, 9.17) is 5.73 Å². The summed E-state index contributed by atoms with van der Waals surface area (Å²) in [6.07, 6.45) is 0.730. The normalized spacial score (nSPS) is 19.3. The van der Waals surface area contributed by atoms with Gasteiger partial charge in [-0.05, 0) is 40.8 Å². The molecule has 132 valence electrons. The van der Waals surface area contributed by atoms with Crippen LogP contribution in [-0.2, 0) is 17.4 Å². The molecule has 2 aliphatic carbocycles. The van der Waals surface area contributed by atoms with Crippen molar-refractivity contribution in [2.24, 2.45) is 5.73 Å². The van der Waals surface area contributed by atoms with Gasteiger partial charge in [-0.2, -0.15) is 13.2 Å². The van der Waals surface area contributed by atoms with E-state index in [0.717, 1.165) is 35.2 Å². The zero-order chi connectivity index (χ0) is 18.5. The Bertz CT molecular complexity index is 969. The van der Waals surface area contributed by atoms with Crippen LogP contribution in [0.15, 0.2) is 54.2 Å². The van der Waals surface area contributed by atoms with Gasteiger partial charge in [-0.15, -0.1) is 0 Å². The molecule has 2 aliphatic rings. The topological polar surface area (TPSA) is 43.1 Å². The monoisotopic (exact) mass is 355 g/mol. The van der Waals surface area contributed by atoms with E-state index in [9.17, 15) is 18.0 Å². The van der Waals surface area contributed by atoms with Gasteiger partial charge in [0, 0.05) is 17.7 Å². The zero-order valence-corrected chi connectivity index (χ0v) is 13.8. The van der Waals surface area contributed by atoms with Gasteiger partial charge in [0.1, 0.15) is 0 Å². The average Bonchev–Trinajstić information content (AvgIpc) is 3.18. The van der Waals surface area contributed by atoms with Crippen molar-refractivity contribution >= 4 is 17.4 Å². The van der Waals surface area contributed by atoms with Crippen LogP contribution in [0.1, 0.15) is 40.2 Å². The molecule has 5 heteroatoms. The van der Waals surface area contributed by atoms with Crippen LogP contribution in [0.4, 0.5) is 13.2 Å². The van der Waals surface area contributed by atoms with Crippen LogP contribution >= 0.6 is 0 Å². The van der Waals surface area contributed by atoms with Crippen LogP contribution < -0.4 is 5.73 Å². The fraction of sp³-hybridized carbons (Fsp3) is 0.190. The number of rotatable bonds is 2. The maximum atomic E-state index is 13.0. The van der Waals surface area contributed by atoms with E-state index in [1.54, 1.807) is 0 Å². The summed E-state index contributed by atoms with van der Waals surface area (Å²) in [7, 11) is 0. The molecule has 0 aliphatic heterocycles. The van der Waals surface area contributed by atoms with Gasteiger partial charge in [0.15, 0.2) is 5.78 Å². The zero-order valence-electron chi connectivity index (χ0n) is 13.8. The van der Waals surface area contributed by atoms with Crippen LogP contribution in [0.3, 0.4) is 0 Å². The van der Waals surface area contributed by atoms with Crippen molar-refractivity contribution < 1.29 is 18.0 Å². The smallest absolute Gasteiger partial charge is 0.401 e. The van der Waals surface area contributed by atoms with Crippen molar-refractivity contribution in [2.75, 3.05) is 0 Å². The van der Waals surface area contributed by atoms with Crippen molar-refractivity contribution in [3.63, 3.8) is 0 Å². The number of hydrogen-bond acceptors (Lipinski definition) is 2. The second-order valence-electron chi connectivity index (χ2n) is 6.63. The van der Waals surface area contributed by atoms with Gasteiger partial charge in [0.2, 0.25) is 0 Å². The summed E-state index contributed by atoms with van der Waals surface area (Å²) in [5, 5.41) is 0. The van der Waals surface area contributed by atoms with Crippen LogP contribution in [0.5, 0.6) is 0 Å². The molecule has 0 radical (unpaired) electrons. The van der Waals surface area contributed by atoms with Crippen molar-refractivity contribution in [3.05, 3.63) is 82.1 Å². The lowest BCUT2D eigenvalue weighted by molar-refractivity contribution is -0.137. The highest BCUT2D eigenvalue weighted by Gasteiger charge is 2.37. The SMILES string of the molecule is NC1=C(c2cccc(C(F)(F)F)c2)C(=O)C(c2cccc3c2C=CC3)C1. The van der Waals surface area contributed by atoms with E-state index in [1.807, 2.05) is 30.4 Å². The largest absolute Gasteiger partial charge is 0.416 e. The Labute approximate surface area is 148 Å². The number of nitrogens with two attached hydrogens (primary N) is 1. The quantitative estimate of drug-likeness (QED) is 0.848. The van der Waals surface area contributed by atoms with Crippen molar-refractivity contribution in [2.45, 2.75) is 24.9 Å². The molecule has 2 N–H and O–H groups in total. The number of benzene rings is 2. The van der Waals surface area contributed by atoms with Crippen molar-refractivity contribution in [1.29, 1.82) is 0 Å². The Morgan fingerprint density at radius 1 is 1.08 bits per heavy atom. The number of hydrogen-bond donors (Lipinski definition) is 1. The molecule has 0 saturated carbocycles. The Morgan fingerprint density at radius 3 is 2.62 bits per heavy atom. The number of alkyl halides is 3. The van der Waals surface area contributed by atoms with Gasteiger partial charge in [-0.1, -0.05) is 42.5 Å². The summed E-state index contributed by atoms with van der Waals surface area (Å²) < 4.78 is 39.0. The van der Waals surface area contributed by atoms with Crippen molar-refractivity contribution in [1.82, 2.24) is 0 Å². The van der Waals surface area contributed by atoms with E-state index in [0.29, 0.717) is 12.1 Å². The highest BCUT2D eigenvalue weighted by molar-refractivity contribution is 6.26. The number of fused-ring (bicyclic) bond motifs is 1. The van der Waals surface area contributed by atoms with Gasteiger partial charge >= 0.3 is 6.18 Å². The first-order valence-electron chi connectivity index (χ1n) is 8.35. The van der Waals surface area contributed by atoms with E-state index in [2.05, 4.69) is 0 Å². The Balaban J connectivity index is 1.73. The standard InChI is InChI=1S/C21H16F3NO/c22-21(23,24)14-7-1-6-13(10-14)19-18(25)11-17(20(19)26)16-9-3-5-12-4-2-8-15(12)16/h1-3,5-10,17H,4,11,25H2. The summed E-state index contributed by atoms with van der Waals surface area (Å²) in [6.45, 7) is 0. The lowest BCUT2D eigenvalue weighted by Gasteiger charge is -2.14. The molecule has 2 nitrogen and oxygen atoms in total. The third kappa shape index (κ3) is 2.64. The Hall–Kier alpha value is -2.82. The third-order valence-electron chi connectivity index (χ3n) is 5.01. The molecule has 0 spiro atoms. The molecular formula is C21H16F3NO. The first-order valence-corrected chi connectivity index (χ1v) is 8.35. The van der Waals surface area contributed by atoms with Gasteiger partial charge in [0.25, 0.3) is 0 Å². The van der Waals surface area contributed by atoms with E-state index < -0.39 is 17.7 Å². The van der Waals surface area contributed by atoms with E-state index in [1.165, 1.54) is 12.1 Å². The summed E-state index contributed by atoms with van der Waals surface area (Å²) in [6, 6.07) is 10.6. The number of carbonyl (C=O) groups excluding carboxylic acids is 1. The van der Waals surface area contributed by atoms with Gasteiger partial charge in [0.05, 0.1) is 11.5 Å². The molecule has 0 bridgehead atoms. The van der Waals surface area contributed by atoms with Gasteiger partial charge in [-0.25, -0.2) is 0 Å². The molecular weight excluding hydrogens is 339 g/mol. The molecule has 26 heavy (non-hydrogen) atoms. The number of halogens is 3. The number of Topliss-reactive ketones (excluding diaryl/α,β-unsaturated/α-hetero) is 1. The van der Waals surface area contributed by atoms with Crippen LogP contribution in [-0.4, -0.2) is 5.78 Å². The maximum absolute atomic E-state index is 13.0. The minimum absolute atomic E-state index is 0.209.